The van der Waals surface area contributed by atoms with E-state index in [4.69, 9.17) is 9.47 Å². The Balaban J connectivity index is 1.81. The van der Waals surface area contributed by atoms with E-state index in [1.165, 1.54) is 0 Å². The van der Waals surface area contributed by atoms with Crippen LogP contribution < -0.4 is 14.8 Å². The zero-order valence-electron chi connectivity index (χ0n) is 14.1. The summed E-state index contributed by atoms with van der Waals surface area (Å²) in [5.74, 6) is 1.16. The van der Waals surface area contributed by atoms with Gasteiger partial charge in [-0.3, -0.25) is 9.59 Å². The van der Waals surface area contributed by atoms with E-state index >= 15 is 0 Å². The molecule has 1 saturated heterocycles. The first-order valence-corrected chi connectivity index (χ1v) is 8.95. The van der Waals surface area contributed by atoms with E-state index in [0.29, 0.717) is 17.5 Å². The molecule has 1 heterocycles. The van der Waals surface area contributed by atoms with Gasteiger partial charge in [0.2, 0.25) is 11.8 Å². The largest absolute Gasteiger partial charge is 0.493 e. The predicted molar refractivity (Wildman–Crippen MR) is 92.2 cm³/mol. The van der Waals surface area contributed by atoms with E-state index in [0.717, 1.165) is 18.4 Å². The fraction of sp³-hybridized carbons (Fsp3) is 0.529. The van der Waals surface area contributed by atoms with E-state index in [-0.39, 0.29) is 29.0 Å². The Hall–Kier alpha value is -1.89. The second-order valence-electron chi connectivity index (χ2n) is 6.05. The average molecular weight is 350 g/mol. The van der Waals surface area contributed by atoms with Crippen LogP contribution in [0.1, 0.15) is 30.7 Å². The van der Waals surface area contributed by atoms with Crippen molar-refractivity contribution in [3.8, 4) is 11.5 Å². The number of carbonyl (C=O) groups is 2. The number of ether oxygens (including phenoxy) is 2. The van der Waals surface area contributed by atoms with Crippen LogP contribution in [0, 0.1) is 0 Å². The molecule has 3 rings (SSSR count). The molecule has 0 bridgehead atoms. The summed E-state index contributed by atoms with van der Waals surface area (Å²) in [5.41, 5.74) is 0.926. The molecule has 1 aromatic carbocycles. The fourth-order valence-corrected chi connectivity index (χ4v) is 4.02. The molecule has 0 unspecified atom stereocenters. The second-order valence-corrected chi connectivity index (χ2v) is 7.48. The molecule has 2 fully saturated rings. The van der Waals surface area contributed by atoms with Gasteiger partial charge < -0.3 is 19.7 Å². The van der Waals surface area contributed by atoms with Crippen molar-refractivity contribution in [2.75, 3.05) is 20.8 Å². The Morgan fingerprint density at radius 1 is 1.29 bits per heavy atom. The van der Waals surface area contributed by atoms with Gasteiger partial charge in [0, 0.05) is 6.04 Å². The highest BCUT2D eigenvalue weighted by atomic mass is 32.2. The standard InChI is InChI=1S/C17H22N2O4S/c1-10-16(21)19(9-15(20)18-12-5-6-12)17(24-10)11-4-7-13(22-2)14(8-11)23-3/h4,7-8,10,12,17H,5-6,9H2,1-3H3,(H,18,20)/t10-,17-/m0/s1. The molecule has 1 aliphatic heterocycles. The molecule has 0 spiro atoms. The molecule has 0 aromatic heterocycles. The molecule has 2 atom stereocenters. The molecule has 6 nitrogen and oxygen atoms in total. The smallest absolute Gasteiger partial charge is 0.239 e. The van der Waals surface area contributed by atoms with Crippen LogP contribution in [-0.2, 0) is 9.59 Å². The molecule has 7 heteroatoms. The number of amides is 2. The van der Waals surface area contributed by atoms with Crippen LogP contribution in [0.5, 0.6) is 11.5 Å². The maximum absolute atomic E-state index is 12.5. The summed E-state index contributed by atoms with van der Waals surface area (Å²) in [6.07, 6.45) is 2.06. The van der Waals surface area contributed by atoms with Gasteiger partial charge in [0.1, 0.15) is 11.9 Å². The number of carbonyl (C=O) groups excluding carboxylic acids is 2. The lowest BCUT2D eigenvalue weighted by molar-refractivity contribution is -0.135. The summed E-state index contributed by atoms with van der Waals surface area (Å²) < 4.78 is 10.6. The first kappa shape index (κ1) is 17.0. The van der Waals surface area contributed by atoms with Crippen molar-refractivity contribution >= 4 is 23.6 Å². The lowest BCUT2D eigenvalue weighted by Gasteiger charge is -2.24. The summed E-state index contributed by atoms with van der Waals surface area (Å²) in [7, 11) is 3.17. The molecule has 1 saturated carbocycles. The third kappa shape index (κ3) is 3.45. The number of rotatable bonds is 6. The van der Waals surface area contributed by atoms with Gasteiger partial charge in [0.25, 0.3) is 0 Å². The van der Waals surface area contributed by atoms with Gasteiger partial charge in [0.05, 0.1) is 19.5 Å². The van der Waals surface area contributed by atoms with Crippen molar-refractivity contribution in [2.24, 2.45) is 0 Å². The average Bonchev–Trinajstić information content (AvgIpc) is 3.35. The maximum atomic E-state index is 12.5. The summed E-state index contributed by atoms with van der Waals surface area (Å²) in [5, 5.41) is 2.58. The zero-order valence-corrected chi connectivity index (χ0v) is 14.9. The summed E-state index contributed by atoms with van der Waals surface area (Å²) in [6.45, 7) is 1.96. The quantitative estimate of drug-likeness (QED) is 0.849. The summed E-state index contributed by atoms with van der Waals surface area (Å²) >= 11 is 1.54. The minimum atomic E-state index is -0.197. The molecular formula is C17H22N2O4S. The molecule has 130 valence electrons. The molecule has 0 radical (unpaired) electrons. The van der Waals surface area contributed by atoms with Crippen LogP contribution >= 0.6 is 11.8 Å². The number of thioether (sulfide) groups is 1. The van der Waals surface area contributed by atoms with Gasteiger partial charge in [-0.2, -0.15) is 0 Å². The molecule has 1 aromatic rings. The van der Waals surface area contributed by atoms with E-state index < -0.39 is 0 Å². The first-order valence-electron chi connectivity index (χ1n) is 8.00. The number of methoxy groups -OCH3 is 2. The van der Waals surface area contributed by atoms with E-state index in [2.05, 4.69) is 5.32 Å². The van der Waals surface area contributed by atoms with Crippen molar-refractivity contribution < 1.29 is 19.1 Å². The fourth-order valence-electron chi connectivity index (χ4n) is 2.76. The Labute approximate surface area is 145 Å². The van der Waals surface area contributed by atoms with E-state index in [1.54, 1.807) is 30.9 Å². The number of hydrogen-bond donors (Lipinski definition) is 1. The predicted octanol–water partition coefficient (Wildman–Crippen LogP) is 1.94. The highest BCUT2D eigenvalue weighted by Gasteiger charge is 2.40. The highest BCUT2D eigenvalue weighted by molar-refractivity contribution is 8.01. The number of hydrogen-bond acceptors (Lipinski definition) is 5. The normalized spacial score (nSPS) is 23.3. The molecule has 2 aliphatic rings. The summed E-state index contributed by atoms with van der Waals surface area (Å²) in [6, 6.07) is 5.90. The van der Waals surface area contributed by atoms with Crippen molar-refractivity contribution in [3.63, 3.8) is 0 Å². The lowest BCUT2D eigenvalue weighted by atomic mass is 10.1. The lowest BCUT2D eigenvalue weighted by Crippen LogP contribution is -2.40. The Morgan fingerprint density at radius 3 is 2.62 bits per heavy atom. The Kier molecular flexibility index (Phi) is 4.89. The van der Waals surface area contributed by atoms with Crippen molar-refractivity contribution in [3.05, 3.63) is 23.8 Å². The third-order valence-electron chi connectivity index (χ3n) is 4.20. The third-order valence-corrected chi connectivity index (χ3v) is 5.59. The van der Waals surface area contributed by atoms with Crippen LogP contribution in [0.25, 0.3) is 0 Å². The molecule has 1 N–H and O–H groups in total. The van der Waals surface area contributed by atoms with Crippen LogP contribution in [0.3, 0.4) is 0 Å². The van der Waals surface area contributed by atoms with Gasteiger partial charge in [-0.05, 0) is 37.5 Å². The molecule has 24 heavy (non-hydrogen) atoms. The van der Waals surface area contributed by atoms with Crippen LogP contribution in [-0.4, -0.2) is 48.8 Å². The van der Waals surface area contributed by atoms with Gasteiger partial charge in [-0.1, -0.05) is 6.07 Å². The molecule has 1 aliphatic carbocycles. The first-order chi connectivity index (χ1) is 11.5. The Bertz CT molecular complexity index is 647. The van der Waals surface area contributed by atoms with Gasteiger partial charge in [-0.25, -0.2) is 0 Å². The highest BCUT2D eigenvalue weighted by Crippen LogP contribution is 2.44. The minimum absolute atomic E-state index is 0.00858. The SMILES string of the molecule is COc1ccc([C@@H]2S[C@@H](C)C(=O)N2CC(=O)NC2CC2)cc1OC. The van der Waals surface area contributed by atoms with Crippen molar-refractivity contribution in [2.45, 2.75) is 36.4 Å². The van der Waals surface area contributed by atoms with Crippen LogP contribution in [0.4, 0.5) is 0 Å². The zero-order chi connectivity index (χ0) is 17.3. The van der Waals surface area contributed by atoms with Gasteiger partial charge >= 0.3 is 0 Å². The van der Waals surface area contributed by atoms with E-state index in [1.807, 2.05) is 25.1 Å². The molecular weight excluding hydrogens is 328 g/mol. The van der Waals surface area contributed by atoms with Crippen molar-refractivity contribution in [1.29, 1.82) is 0 Å². The van der Waals surface area contributed by atoms with Gasteiger partial charge in [0.15, 0.2) is 11.5 Å². The second kappa shape index (κ2) is 6.93. The number of nitrogens with one attached hydrogen (secondary N) is 1. The topological polar surface area (TPSA) is 67.9 Å². The Morgan fingerprint density at radius 2 is 2.00 bits per heavy atom. The number of benzene rings is 1. The van der Waals surface area contributed by atoms with Crippen LogP contribution in [0.15, 0.2) is 18.2 Å². The monoisotopic (exact) mass is 350 g/mol. The maximum Gasteiger partial charge on any atom is 0.239 e. The number of nitrogens with zero attached hydrogens (tertiary/aromatic N) is 1. The minimum Gasteiger partial charge on any atom is -0.493 e. The van der Waals surface area contributed by atoms with E-state index in [9.17, 15) is 9.59 Å². The summed E-state index contributed by atoms with van der Waals surface area (Å²) in [4.78, 5) is 26.3. The van der Waals surface area contributed by atoms with Crippen molar-refractivity contribution in [1.82, 2.24) is 10.2 Å². The molecule has 2 amide bonds. The van der Waals surface area contributed by atoms with Gasteiger partial charge in [-0.15, -0.1) is 11.8 Å². The van der Waals surface area contributed by atoms with Crippen LogP contribution in [0.2, 0.25) is 0 Å².